The summed E-state index contributed by atoms with van der Waals surface area (Å²) in [6, 6.07) is 6.93. The molecule has 4 heteroatoms. The first-order chi connectivity index (χ1) is 12.7. The van der Waals surface area contributed by atoms with Crippen LogP contribution >= 0.6 is 0 Å². The fraction of sp³-hybridized carbons (Fsp3) is 0.682. The van der Waals surface area contributed by atoms with Gasteiger partial charge in [-0.15, -0.1) is 0 Å². The van der Waals surface area contributed by atoms with E-state index in [0.717, 1.165) is 44.5 Å². The summed E-state index contributed by atoms with van der Waals surface area (Å²) < 4.78 is 25.9. The van der Waals surface area contributed by atoms with Gasteiger partial charge in [-0.25, -0.2) is 4.39 Å². The van der Waals surface area contributed by atoms with Gasteiger partial charge in [0.25, 0.3) is 0 Å². The number of benzene rings is 1. The molecule has 0 unspecified atom stereocenters. The number of rotatable bonds is 6. The highest BCUT2D eigenvalue weighted by atomic mass is 19.1. The summed E-state index contributed by atoms with van der Waals surface area (Å²) in [5.74, 6) is 0.973. The molecule has 1 aromatic rings. The maximum Gasteiger partial charge on any atom is 0.160 e. The van der Waals surface area contributed by atoms with E-state index in [0.29, 0.717) is 17.8 Å². The third-order valence-corrected chi connectivity index (χ3v) is 5.95. The molecule has 0 atom stereocenters. The molecular formula is C22H30FNO2. The Kier molecular flexibility index (Phi) is 7.05. The Morgan fingerprint density at radius 3 is 2.46 bits per heavy atom. The molecular weight excluding hydrogens is 329 g/mol. The van der Waals surface area contributed by atoms with Gasteiger partial charge in [-0.05, 0) is 55.7 Å². The van der Waals surface area contributed by atoms with Gasteiger partial charge in [0.05, 0.1) is 18.8 Å². The summed E-state index contributed by atoms with van der Waals surface area (Å²) in [5.41, 5.74) is 1.14. The minimum Gasteiger partial charge on any atom is -0.352 e. The molecule has 0 spiro atoms. The monoisotopic (exact) mass is 359 g/mol. The molecule has 0 aromatic heterocycles. The van der Waals surface area contributed by atoms with Crippen molar-refractivity contribution in [3.8, 4) is 6.07 Å². The Bertz CT molecular complexity index is 611. The Morgan fingerprint density at radius 2 is 1.85 bits per heavy atom. The number of hydrogen-bond acceptors (Lipinski definition) is 3. The van der Waals surface area contributed by atoms with Gasteiger partial charge in [0.1, 0.15) is 11.9 Å². The van der Waals surface area contributed by atoms with Crippen molar-refractivity contribution in [1.29, 1.82) is 5.26 Å². The van der Waals surface area contributed by atoms with Crippen molar-refractivity contribution >= 4 is 0 Å². The van der Waals surface area contributed by atoms with E-state index in [2.05, 4.69) is 6.92 Å². The van der Waals surface area contributed by atoms with Crippen molar-refractivity contribution in [3.05, 3.63) is 35.1 Å². The minimum atomic E-state index is -0.403. The van der Waals surface area contributed by atoms with Crippen LogP contribution in [0, 0.1) is 29.0 Å². The second kappa shape index (κ2) is 9.48. The Balaban J connectivity index is 1.44. The first-order valence-corrected chi connectivity index (χ1v) is 10.1. The first-order valence-electron chi connectivity index (χ1n) is 10.1. The number of halogens is 1. The lowest BCUT2D eigenvalue weighted by Gasteiger charge is -2.37. The maximum atomic E-state index is 13.9. The number of hydrogen-bond donors (Lipinski definition) is 0. The summed E-state index contributed by atoms with van der Waals surface area (Å²) in [4.78, 5) is 0. The van der Waals surface area contributed by atoms with Gasteiger partial charge < -0.3 is 9.47 Å². The van der Waals surface area contributed by atoms with Crippen LogP contribution in [-0.4, -0.2) is 19.5 Å². The lowest BCUT2D eigenvalue weighted by Crippen LogP contribution is -2.38. The predicted octanol–water partition coefficient (Wildman–Crippen LogP) is 5.54. The summed E-state index contributed by atoms with van der Waals surface area (Å²) >= 11 is 0. The fourth-order valence-electron chi connectivity index (χ4n) is 4.28. The maximum absolute atomic E-state index is 13.9. The summed E-state index contributed by atoms with van der Waals surface area (Å²) in [5, 5.41) is 8.86. The second-order valence-electron chi connectivity index (χ2n) is 7.86. The van der Waals surface area contributed by atoms with E-state index in [9.17, 15) is 4.39 Å². The normalized spacial score (nSPS) is 29.3. The third-order valence-electron chi connectivity index (χ3n) is 5.95. The quantitative estimate of drug-likeness (QED) is 0.626. The average molecular weight is 359 g/mol. The van der Waals surface area contributed by atoms with Crippen LogP contribution in [0.1, 0.15) is 75.3 Å². The summed E-state index contributed by atoms with van der Waals surface area (Å²) in [7, 11) is 0. The molecule has 0 amide bonds. The van der Waals surface area contributed by atoms with E-state index in [4.69, 9.17) is 14.7 Å². The molecule has 1 heterocycles. The number of nitrogens with zero attached hydrogens (tertiary/aromatic N) is 1. The van der Waals surface area contributed by atoms with Crippen LogP contribution in [0.5, 0.6) is 0 Å². The van der Waals surface area contributed by atoms with Gasteiger partial charge >= 0.3 is 0 Å². The molecule has 3 nitrogen and oxygen atoms in total. The van der Waals surface area contributed by atoms with Gasteiger partial charge in [-0.2, -0.15) is 5.26 Å². The van der Waals surface area contributed by atoms with Gasteiger partial charge in [0, 0.05) is 11.8 Å². The van der Waals surface area contributed by atoms with E-state index < -0.39 is 5.82 Å². The van der Waals surface area contributed by atoms with Crippen LogP contribution in [0.3, 0.4) is 0 Å². The molecule has 2 fully saturated rings. The van der Waals surface area contributed by atoms with Crippen molar-refractivity contribution in [2.24, 2.45) is 11.8 Å². The van der Waals surface area contributed by atoms with Crippen LogP contribution in [0.15, 0.2) is 18.2 Å². The minimum absolute atomic E-state index is 0.0592. The van der Waals surface area contributed by atoms with Crippen molar-refractivity contribution in [2.45, 2.75) is 70.5 Å². The largest absolute Gasteiger partial charge is 0.352 e. The van der Waals surface area contributed by atoms with E-state index in [1.807, 2.05) is 12.1 Å². The molecule has 1 aliphatic heterocycles. The smallest absolute Gasteiger partial charge is 0.160 e. The van der Waals surface area contributed by atoms with Crippen LogP contribution in [0.4, 0.5) is 4.39 Å². The Morgan fingerprint density at radius 1 is 1.12 bits per heavy atom. The van der Waals surface area contributed by atoms with Gasteiger partial charge in [0.2, 0.25) is 0 Å². The highest BCUT2D eigenvalue weighted by Crippen LogP contribution is 2.39. The molecule has 0 radical (unpaired) electrons. The molecule has 1 aliphatic carbocycles. The molecule has 0 N–H and O–H groups in total. The van der Waals surface area contributed by atoms with E-state index in [-0.39, 0.29) is 11.9 Å². The predicted molar refractivity (Wildman–Crippen MR) is 99.1 cm³/mol. The van der Waals surface area contributed by atoms with E-state index >= 15 is 0 Å². The zero-order valence-corrected chi connectivity index (χ0v) is 15.8. The summed E-state index contributed by atoms with van der Waals surface area (Å²) in [6.07, 6.45) is 9.12. The zero-order chi connectivity index (χ0) is 18.4. The Hall–Kier alpha value is -1.44. The second-order valence-corrected chi connectivity index (χ2v) is 7.86. The number of nitriles is 1. The molecule has 0 bridgehead atoms. The van der Waals surface area contributed by atoms with Crippen molar-refractivity contribution < 1.29 is 13.9 Å². The van der Waals surface area contributed by atoms with E-state index in [1.165, 1.54) is 31.7 Å². The first kappa shape index (κ1) is 19.3. The van der Waals surface area contributed by atoms with Crippen LogP contribution in [0.2, 0.25) is 0 Å². The van der Waals surface area contributed by atoms with Crippen LogP contribution < -0.4 is 0 Å². The zero-order valence-electron chi connectivity index (χ0n) is 15.8. The molecule has 1 aromatic carbocycles. The molecule has 26 heavy (non-hydrogen) atoms. The van der Waals surface area contributed by atoms with Crippen molar-refractivity contribution in [3.63, 3.8) is 0 Å². The molecule has 2 aliphatic rings. The molecule has 1 saturated heterocycles. The Labute approximate surface area is 156 Å². The third kappa shape index (κ3) is 4.84. The van der Waals surface area contributed by atoms with Gasteiger partial charge in [-0.3, -0.25) is 0 Å². The van der Waals surface area contributed by atoms with Crippen molar-refractivity contribution in [1.82, 2.24) is 0 Å². The topological polar surface area (TPSA) is 42.2 Å². The van der Waals surface area contributed by atoms with Crippen LogP contribution in [-0.2, 0) is 9.47 Å². The highest BCUT2D eigenvalue weighted by molar-refractivity contribution is 5.34. The van der Waals surface area contributed by atoms with Crippen LogP contribution in [0.25, 0.3) is 0 Å². The molecule has 142 valence electrons. The highest BCUT2D eigenvalue weighted by Gasteiger charge is 2.32. The average Bonchev–Trinajstić information content (AvgIpc) is 2.69. The van der Waals surface area contributed by atoms with Crippen molar-refractivity contribution in [2.75, 3.05) is 13.2 Å². The lowest BCUT2D eigenvalue weighted by atomic mass is 9.78. The van der Waals surface area contributed by atoms with E-state index in [1.54, 1.807) is 6.07 Å². The standard InChI is InChI=1S/C22H30FNO2/c1-2-3-4-5-16-14-25-22(26-15-16)18-8-6-17(7-9-18)19-10-11-20(13-24)21(23)12-19/h10-12,16-18,22H,2-9,14-15H2,1H3/t16-,17?,18?,22-. The number of unbranched alkanes of at least 4 members (excludes halogenated alkanes) is 2. The molecule has 3 rings (SSSR count). The fourth-order valence-corrected chi connectivity index (χ4v) is 4.28. The SMILES string of the molecule is CCCCC[C@H]1CO[C@H](C2CCC(c3ccc(C#N)c(F)c3)CC2)OC1. The van der Waals surface area contributed by atoms with Gasteiger partial charge in [-0.1, -0.05) is 32.3 Å². The lowest BCUT2D eigenvalue weighted by molar-refractivity contribution is -0.229. The van der Waals surface area contributed by atoms with Gasteiger partial charge in [0.15, 0.2) is 6.29 Å². The molecule has 1 saturated carbocycles. The summed E-state index contributed by atoms with van der Waals surface area (Å²) in [6.45, 7) is 3.89. The number of ether oxygens (including phenoxy) is 2.